The third-order valence-corrected chi connectivity index (χ3v) is 3.02. The van der Waals surface area contributed by atoms with Crippen molar-refractivity contribution in [2.24, 2.45) is 5.92 Å². The second kappa shape index (κ2) is 7.23. The molecule has 0 aliphatic carbocycles. The molecular weight excluding hydrogens is 268 g/mol. The molecule has 1 rings (SSSR count). The van der Waals surface area contributed by atoms with Crippen LogP contribution in [0.2, 0.25) is 0 Å². The molecule has 1 fully saturated rings. The summed E-state index contributed by atoms with van der Waals surface area (Å²) in [6.45, 7) is 5.83. The lowest BCUT2D eigenvalue weighted by Gasteiger charge is -2.39. The van der Waals surface area contributed by atoms with E-state index in [0.29, 0.717) is 0 Å². The fraction of sp³-hybridized carbons (Fsp3) is 0.769. The van der Waals surface area contributed by atoms with Crippen molar-refractivity contribution in [1.82, 2.24) is 0 Å². The Bertz CT molecular complexity index is 377. The molecule has 0 aromatic carbocycles. The Morgan fingerprint density at radius 1 is 1.05 bits per heavy atom. The average molecular weight is 288 g/mol. The topological polar surface area (TPSA) is 88.1 Å². The highest BCUT2D eigenvalue weighted by atomic mass is 16.6. The van der Waals surface area contributed by atoms with Crippen LogP contribution in [0.1, 0.15) is 27.7 Å². The van der Waals surface area contributed by atoms with Gasteiger partial charge in [-0.05, 0) is 0 Å². The minimum atomic E-state index is -0.634. The molecule has 4 atom stereocenters. The summed E-state index contributed by atoms with van der Waals surface area (Å²) in [6.07, 6.45) is -1.69. The second-order valence-corrected chi connectivity index (χ2v) is 4.76. The van der Waals surface area contributed by atoms with Crippen LogP contribution in [0.25, 0.3) is 0 Å². The zero-order valence-electron chi connectivity index (χ0n) is 12.1. The van der Waals surface area contributed by atoms with Gasteiger partial charge in [0.1, 0.15) is 24.9 Å². The molecule has 20 heavy (non-hydrogen) atoms. The van der Waals surface area contributed by atoms with Crippen LogP contribution >= 0.6 is 0 Å². The average Bonchev–Trinajstić information content (AvgIpc) is 2.32. The Morgan fingerprint density at radius 3 is 2.15 bits per heavy atom. The van der Waals surface area contributed by atoms with E-state index >= 15 is 0 Å². The third kappa shape index (κ3) is 4.80. The quantitative estimate of drug-likeness (QED) is 0.548. The zero-order chi connectivity index (χ0) is 15.3. The van der Waals surface area contributed by atoms with E-state index in [1.165, 1.54) is 20.8 Å². The highest BCUT2D eigenvalue weighted by molar-refractivity contribution is 5.67. The highest BCUT2D eigenvalue weighted by Gasteiger charge is 2.42. The van der Waals surface area contributed by atoms with E-state index in [2.05, 4.69) is 0 Å². The van der Waals surface area contributed by atoms with Gasteiger partial charge in [0.05, 0.1) is 6.61 Å². The van der Waals surface area contributed by atoms with Gasteiger partial charge in [-0.2, -0.15) is 0 Å². The number of carbonyl (C=O) groups excluding carboxylic acids is 3. The van der Waals surface area contributed by atoms with Gasteiger partial charge >= 0.3 is 17.9 Å². The third-order valence-electron chi connectivity index (χ3n) is 3.02. The summed E-state index contributed by atoms with van der Waals surface area (Å²) in [4.78, 5) is 33.1. The number of carbonyl (C=O) groups is 3. The molecule has 1 heterocycles. The van der Waals surface area contributed by atoms with Gasteiger partial charge in [-0.3, -0.25) is 14.4 Å². The van der Waals surface area contributed by atoms with Crippen molar-refractivity contribution >= 4 is 17.9 Å². The molecule has 0 aromatic heterocycles. The van der Waals surface area contributed by atoms with Gasteiger partial charge in [-0.25, -0.2) is 0 Å². The number of rotatable bonds is 4. The normalized spacial score (nSPS) is 29.4. The van der Waals surface area contributed by atoms with Gasteiger partial charge in [-0.1, -0.05) is 6.92 Å². The number of esters is 3. The fourth-order valence-electron chi connectivity index (χ4n) is 2.09. The van der Waals surface area contributed by atoms with Crippen LogP contribution in [0.3, 0.4) is 0 Å². The molecule has 1 aliphatic rings. The molecule has 114 valence electrons. The Balaban J connectivity index is 2.74. The minimum Gasteiger partial charge on any atom is -0.463 e. The summed E-state index contributed by atoms with van der Waals surface area (Å²) >= 11 is 0. The molecule has 0 radical (unpaired) electrons. The first kappa shape index (κ1) is 16.4. The fourth-order valence-corrected chi connectivity index (χ4v) is 2.09. The molecule has 0 saturated carbocycles. The molecule has 0 aromatic rings. The van der Waals surface area contributed by atoms with Crippen molar-refractivity contribution in [3.8, 4) is 0 Å². The Labute approximate surface area is 117 Å². The van der Waals surface area contributed by atoms with Crippen molar-refractivity contribution in [1.29, 1.82) is 0 Å². The van der Waals surface area contributed by atoms with Gasteiger partial charge < -0.3 is 18.9 Å². The Hall–Kier alpha value is -1.63. The molecule has 7 heteroatoms. The van der Waals surface area contributed by atoms with Gasteiger partial charge in [0.2, 0.25) is 0 Å². The minimum absolute atomic E-state index is 0.00951. The molecule has 0 spiro atoms. The smallest absolute Gasteiger partial charge is 0.303 e. The van der Waals surface area contributed by atoms with Gasteiger partial charge in [0.25, 0.3) is 0 Å². The lowest BCUT2D eigenvalue weighted by molar-refractivity contribution is -0.205. The van der Waals surface area contributed by atoms with E-state index in [9.17, 15) is 14.4 Å². The monoisotopic (exact) mass is 288 g/mol. The zero-order valence-corrected chi connectivity index (χ0v) is 12.1. The van der Waals surface area contributed by atoms with Crippen LogP contribution in [-0.2, 0) is 33.3 Å². The van der Waals surface area contributed by atoms with Crippen LogP contribution < -0.4 is 0 Å². The van der Waals surface area contributed by atoms with E-state index in [-0.39, 0.29) is 19.1 Å². The maximum Gasteiger partial charge on any atom is 0.303 e. The van der Waals surface area contributed by atoms with Crippen molar-refractivity contribution in [3.63, 3.8) is 0 Å². The summed E-state index contributed by atoms with van der Waals surface area (Å²) in [7, 11) is 0. The summed E-state index contributed by atoms with van der Waals surface area (Å²) in [5.41, 5.74) is 0. The van der Waals surface area contributed by atoms with Crippen molar-refractivity contribution in [3.05, 3.63) is 0 Å². The Kier molecular flexibility index (Phi) is 5.94. The van der Waals surface area contributed by atoms with E-state index in [0.717, 1.165) is 0 Å². The van der Waals surface area contributed by atoms with Crippen LogP contribution in [0.5, 0.6) is 0 Å². The first-order valence-electron chi connectivity index (χ1n) is 6.40. The molecule has 4 unspecified atom stereocenters. The van der Waals surface area contributed by atoms with Crippen LogP contribution in [-0.4, -0.2) is 49.4 Å². The summed E-state index contributed by atoms with van der Waals surface area (Å²) < 4.78 is 20.7. The first-order valence-corrected chi connectivity index (χ1v) is 6.40. The van der Waals surface area contributed by atoms with Crippen molar-refractivity contribution < 1.29 is 33.3 Å². The molecule has 0 bridgehead atoms. The predicted octanol–water partition coefficient (Wildman–Crippen LogP) is 0.448. The summed E-state index contributed by atoms with van der Waals surface area (Å²) in [6, 6.07) is 0. The molecule has 1 aliphatic heterocycles. The number of hydrogen-bond acceptors (Lipinski definition) is 7. The van der Waals surface area contributed by atoms with Crippen LogP contribution in [0, 0.1) is 5.92 Å². The Morgan fingerprint density at radius 2 is 1.65 bits per heavy atom. The van der Waals surface area contributed by atoms with Gasteiger partial charge in [-0.15, -0.1) is 0 Å². The molecule has 0 amide bonds. The molecule has 1 saturated heterocycles. The maximum absolute atomic E-state index is 11.2. The number of hydrogen-bond donors (Lipinski definition) is 0. The van der Waals surface area contributed by atoms with E-state index in [1.54, 1.807) is 6.92 Å². The van der Waals surface area contributed by atoms with Crippen molar-refractivity contribution in [2.75, 3.05) is 13.2 Å². The van der Waals surface area contributed by atoms with E-state index in [4.69, 9.17) is 18.9 Å². The van der Waals surface area contributed by atoms with Gasteiger partial charge in [0.15, 0.2) is 0 Å². The highest BCUT2D eigenvalue weighted by Crippen LogP contribution is 2.26. The molecular formula is C13H20O7. The molecule has 0 N–H and O–H groups in total. The van der Waals surface area contributed by atoms with E-state index in [1.807, 2.05) is 0 Å². The largest absolute Gasteiger partial charge is 0.463 e. The first-order chi connectivity index (χ1) is 9.31. The number of ether oxygens (including phenoxy) is 4. The van der Waals surface area contributed by atoms with Crippen molar-refractivity contribution in [2.45, 2.75) is 46.0 Å². The molecule has 7 nitrogen and oxygen atoms in total. The SMILES string of the molecule is CC(=O)OCC1OCC(OC(C)=O)C(C)C1OC(C)=O. The van der Waals surface area contributed by atoms with Crippen LogP contribution in [0.15, 0.2) is 0 Å². The second-order valence-electron chi connectivity index (χ2n) is 4.76. The van der Waals surface area contributed by atoms with E-state index < -0.39 is 36.2 Å². The van der Waals surface area contributed by atoms with Crippen LogP contribution in [0.4, 0.5) is 0 Å². The maximum atomic E-state index is 11.2. The lowest BCUT2D eigenvalue weighted by Crippen LogP contribution is -2.52. The predicted molar refractivity (Wildman–Crippen MR) is 66.6 cm³/mol. The lowest BCUT2D eigenvalue weighted by atomic mass is 9.91. The summed E-state index contributed by atoms with van der Waals surface area (Å²) in [5, 5.41) is 0. The standard InChI is InChI=1S/C13H20O7/c1-7-11(19-9(3)15)5-18-12(6-17-8(2)14)13(7)20-10(4)16/h7,11-13H,5-6H2,1-4H3. The summed E-state index contributed by atoms with van der Waals surface area (Å²) in [5.74, 6) is -1.59. The van der Waals surface area contributed by atoms with Gasteiger partial charge in [0, 0.05) is 26.7 Å².